The van der Waals surface area contributed by atoms with Gasteiger partial charge in [0.15, 0.2) is 0 Å². The van der Waals surface area contributed by atoms with Gasteiger partial charge in [-0.2, -0.15) is 0 Å². The molecule has 0 aromatic heterocycles. The third-order valence-electron chi connectivity index (χ3n) is 3.36. The highest BCUT2D eigenvalue weighted by atomic mass is 35.5. The molecule has 2 rings (SSSR count). The average Bonchev–Trinajstić information content (AvgIpc) is 2.52. The Labute approximate surface area is 94.4 Å². The predicted octanol–water partition coefficient (Wildman–Crippen LogP) is 3.25. The van der Waals surface area contributed by atoms with Gasteiger partial charge in [-0.1, -0.05) is 18.5 Å². The van der Waals surface area contributed by atoms with E-state index in [1.807, 2.05) is 0 Å². The quantitative estimate of drug-likeness (QED) is 0.783. The fraction of sp³-hybridized carbons (Fsp3) is 0.500. The smallest absolute Gasteiger partial charge is 0.123 e. The third-order valence-corrected chi connectivity index (χ3v) is 3.69. The van der Waals surface area contributed by atoms with Gasteiger partial charge < -0.3 is 5.73 Å². The van der Waals surface area contributed by atoms with Gasteiger partial charge in [0.2, 0.25) is 0 Å². The van der Waals surface area contributed by atoms with Crippen LogP contribution in [0.1, 0.15) is 31.7 Å². The van der Waals surface area contributed by atoms with Crippen LogP contribution in [0, 0.1) is 5.82 Å². The van der Waals surface area contributed by atoms with Crippen LogP contribution < -0.4 is 5.73 Å². The van der Waals surface area contributed by atoms with Crippen molar-refractivity contribution in [2.45, 2.75) is 37.6 Å². The molecular weight excluding hydrogens is 213 g/mol. The summed E-state index contributed by atoms with van der Waals surface area (Å²) in [7, 11) is 0. The summed E-state index contributed by atoms with van der Waals surface area (Å²) in [6.45, 7) is 2.11. The van der Waals surface area contributed by atoms with Crippen LogP contribution in [0.2, 0.25) is 5.02 Å². The first kappa shape index (κ1) is 10.9. The van der Waals surface area contributed by atoms with Crippen molar-refractivity contribution >= 4 is 11.6 Å². The molecule has 1 fully saturated rings. The van der Waals surface area contributed by atoms with Crippen LogP contribution in [0.25, 0.3) is 0 Å². The van der Waals surface area contributed by atoms with Crippen molar-refractivity contribution in [2.75, 3.05) is 0 Å². The van der Waals surface area contributed by atoms with E-state index in [0.29, 0.717) is 5.02 Å². The molecule has 0 saturated heterocycles. The van der Waals surface area contributed by atoms with Crippen molar-refractivity contribution in [1.29, 1.82) is 0 Å². The van der Waals surface area contributed by atoms with E-state index in [9.17, 15) is 4.39 Å². The fourth-order valence-corrected chi connectivity index (χ4v) is 2.84. The number of rotatable bonds is 1. The van der Waals surface area contributed by atoms with Crippen LogP contribution in [-0.4, -0.2) is 6.04 Å². The first-order valence-electron chi connectivity index (χ1n) is 5.22. The van der Waals surface area contributed by atoms with E-state index >= 15 is 0 Å². The van der Waals surface area contributed by atoms with E-state index in [0.717, 1.165) is 24.8 Å². The molecule has 0 spiro atoms. The minimum Gasteiger partial charge on any atom is -0.328 e. The highest BCUT2D eigenvalue weighted by molar-refractivity contribution is 6.31. The Morgan fingerprint density at radius 2 is 2.27 bits per heavy atom. The summed E-state index contributed by atoms with van der Waals surface area (Å²) >= 11 is 6.11. The Bertz CT molecular complexity index is 380. The van der Waals surface area contributed by atoms with Crippen molar-refractivity contribution in [3.63, 3.8) is 0 Å². The number of benzene rings is 1. The summed E-state index contributed by atoms with van der Waals surface area (Å²) in [5.41, 5.74) is 6.74. The van der Waals surface area contributed by atoms with E-state index in [1.54, 1.807) is 12.1 Å². The second-order valence-corrected chi connectivity index (χ2v) is 5.09. The van der Waals surface area contributed by atoms with E-state index in [4.69, 9.17) is 17.3 Å². The molecule has 3 heteroatoms. The molecule has 1 nitrogen and oxygen atoms in total. The first-order chi connectivity index (χ1) is 7.01. The summed E-state index contributed by atoms with van der Waals surface area (Å²) in [5.74, 6) is -0.226. The Kier molecular flexibility index (Phi) is 2.73. The Morgan fingerprint density at radius 1 is 1.53 bits per heavy atom. The summed E-state index contributed by atoms with van der Waals surface area (Å²) in [6, 6.07) is 4.78. The maximum Gasteiger partial charge on any atom is 0.123 e. The maximum atomic E-state index is 13.2. The summed E-state index contributed by atoms with van der Waals surface area (Å²) in [6.07, 6.45) is 2.86. The standard InChI is InChI=1S/C12H15ClFN/c1-12(5-4-9(15)7-12)10-6-8(14)2-3-11(10)13/h2-3,6,9H,4-5,7,15H2,1H3. The van der Waals surface area contributed by atoms with Crippen LogP contribution in [0.15, 0.2) is 18.2 Å². The SMILES string of the molecule is CC1(c2cc(F)ccc2Cl)CCC(N)C1. The lowest BCUT2D eigenvalue weighted by Crippen LogP contribution is -2.23. The number of halogens is 2. The van der Waals surface area contributed by atoms with Gasteiger partial charge in [0.25, 0.3) is 0 Å². The van der Waals surface area contributed by atoms with Crippen LogP contribution in [-0.2, 0) is 5.41 Å². The molecule has 0 amide bonds. The van der Waals surface area contributed by atoms with Crippen LogP contribution >= 0.6 is 11.6 Å². The van der Waals surface area contributed by atoms with Crippen molar-refractivity contribution < 1.29 is 4.39 Å². The molecule has 0 heterocycles. The fourth-order valence-electron chi connectivity index (χ4n) is 2.49. The zero-order valence-corrected chi connectivity index (χ0v) is 9.52. The van der Waals surface area contributed by atoms with Gasteiger partial charge in [0.1, 0.15) is 5.82 Å². The van der Waals surface area contributed by atoms with E-state index in [1.165, 1.54) is 6.07 Å². The molecule has 0 bridgehead atoms. The summed E-state index contributed by atoms with van der Waals surface area (Å²) in [5, 5.41) is 0.646. The van der Waals surface area contributed by atoms with Crippen molar-refractivity contribution in [2.24, 2.45) is 5.73 Å². The normalized spacial score (nSPS) is 30.8. The molecule has 2 unspecified atom stereocenters. The molecule has 2 atom stereocenters. The van der Waals surface area contributed by atoms with Gasteiger partial charge in [-0.3, -0.25) is 0 Å². The second kappa shape index (κ2) is 3.76. The molecule has 1 aliphatic carbocycles. The molecule has 1 aromatic carbocycles. The molecular formula is C12H15ClFN. The molecule has 1 saturated carbocycles. The lowest BCUT2D eigenvalue weighted by atomic mass is 9.81. The zero-order chi connectivity index (χ0) is 11.1. The highest BCUT2D eigenvalue weighted by Gasteiger charge is 2.36. The zero-order valence-electron chi connectivity index (χ0n) is 8.76. The van der Waals surface area contributed by atoms with Crippen LogP contribution in [0.4, 0.5) is 4.39 Å². The number of hydrogen-bond donors (Lipinski definition) is 1. The highest BCUT2D eigenvalue weighted by Crippen LogP contribution is 2.42. The van der Waals surface area contributed by atoms with Crippen molar-refractivity contribution in [1.82, 2.24) is 0 Å². The molecule has 82 valence electrons. The van der Waals surface area contributed by atoms with Crippen LogP contribution in [0.3, 0.4) is 0 Å². The third kappa shape index (κ3) is 2.01. The van der Waals surface area contributed by atoms with E-state index < -0.39 is 0 Å². The van der Waals surface area contributed by atoms with Crippen LogP contribution in [0.5, 0.6) is 0 Å². The first-order valence-corrected chi connectivity index (χ1v) is 5.60. The van der Waals surface area contributed by atoms with Crippen molar-refractivity contribution in [3.05, 3.63) is 34.6 Å². The maximum absolute atomic E-state index is 13.2. The van der Waals surface area contributed by atoms with E-state index in [-0.39, 0.29) is 17.3 Å². The summed E-state index contributed by atoms with van der Waals surface area (Å²) in [4.78, 5) is 0. The monoisotopic (exact) mass is 227 g/mol. The number of nitrogens with two attached hydrogens (primary N) is 1. The lowest BCUT2D eigenvalue weighted by Gasteiger charge is -2.25. The molecule has 0 radical (unpaired) electrons. The molecule has 2 N–H and O–H groups in total. The van der Waals surface area contributed by atoms with Gasteiger partial charge in [-0.15, -0.1) is 0 Å². The minimum absolute atomic E-state index is 0.0569. The molecule has 0 aliphatic heterocycles. The largest absolute Gasteiger partial charge is 0.328 e. The van der Waals surface area contributed by atoms with Gasteiger partial charge in [-0.05, 0) is 48.4 Å². The summed E-state index contributed by atoms with van der Waals surface area (Å²) < 4.78 is 13.2. The Hall–Kier alpha value is -0.600. The minimum atomic E-state index is -0.226. The molecule has 15 heavy (non-hydrogen) atoms. The van der Waals surface area contributed by atoms with Gasteiger partial charge in [-0.25, -0.2) is 4.39 Å². The Morgan fingerprint density at radius 3 is 2.87 bits per heavy atom. The molecule has 1 aromatic rings. The van der Waals surface area contributed by atoms with Gasteiger partial charge >= 0.3 is 0 Å². The molecule has 1 aliphatic rings. The second-order valence-electron chi connectivity index (χ2n) is 4.69. The van der Waals surface area contributed by atoms with E-state index in [2.05, 4.69) is 6.92 Å². The number of hydrogen-bond acceptors (Lipinski definition) is 1. The lowest BCUT2D eigenvalue weighted by molar-refractivity contribution is 0.478. The topological polar surface area (TPSA) is 26.0 Å². The average molecular weight is 228 g/mol. The van der Waals surface area contributed by atoms with Gasteiger partial charge in [0, 0.05) is 11.1 Å². The predicted molar refractivity (Wildman–Crippen MR) is 60.6 cm³/mol. The van der Waals surface area contributed by atoms with Crippen molar-refractivity contribution in [3.8, 4) is 0 Å². The Balaban J connectivity index is 2.40. The van der Waals surface area contributed by atoms with Gasteiger partial charge in [0.05, 0.1) is 0 Å².